The summed E-state index contributed by atoms with van der Waals surface area (Å²) >= 11 is 0. The quantitative estimate of drug-likeness (QED) is 0.884. The lowest BCUT2D eigenvalue weighted by molar-refractivity contribution is 0.199. The first-order valence-electron chi connectivity index (χ1n) is 7.31. The Labute approximate surface area is 120 Å². The number of aliphatic hydroxyl groups is 1. The Bertz CT molecular complexity index is 619. The second-order valence-electron chi connectivity index (χ2n) is 5.62. The lowest BCUT2D eigenvalue weighted by atomic mass is 9.97. The normalized spacial score (nSPS) is 15.8. The fourth-order valence-corrected chi connectivity index (χ4v) is 3.06. The number of hydrogen-bond acceptors (Lipinski definition) is 2. The van der Waals surface area contributed by atoms with Crippen molar-refractivity contribution in [2.75, 3.05) is 11.4 Å². The Morgan fingerprint density at radius 2 is 1.90 bits per heavy atom. The van der Waals surface area contributed by atoms with Crippen molar-refractivity contribution >= 4 is 11.4 Å². The highest BCUT2D eigenvalue weighted by atomic mass is 16.3. The first-order valence-corrected chi connectivity index (χ1v) is 7.31. The maximum atomic E-state index is 10.0. The van der Waals surface area contributed by atoms with Crippen LogP contribution in [0.2, 0.25) is 0 Å². The molecule has 0 radical (unpaired) electrons. The van der Waals surface area contributed by atoms with Crippen molar-refractivity contribution in [1.29, 1.82) is 0 Å². The van der Waals surface area contributed by atoms with E-state index in [4.69, 9.17) is 0 Å². The summed E-state index contributed by atoms with van der Waals surface area (Å²) in [6, 6.07) is 14.8. The molecule has 2 nitrogen and oxygen atoms in total. The molecule has 20 heavy (non-hydrogen) atoms. The zero-order chi connectivity index (χ0) is 14.1. The van der Waals surface area contributed by atoms with E-state index in [0.717, 1.165) is 30.6 Å². The van der Waals surface area contributed by atoms with E-state index in [1.165, 1.54) is 16.8 Å². The van der Waals surface area contributed by atoms with Crippen molar-refractivity contribution in [3.8, 4) is 0 Å². The molecule has 1 heterocycles. The van der Waals surface area contributed by atoms with Crippen LogP contribution >= 0.6 is 0 Å². The van der Waals surface area contributed by atoms with Gasteiger partial charge in [-0.2, -0.15) is 0 Å². The molecule has 0 saturated heterocycles. The SMILES string of the molecule is Cc1ccc2c(c1)CCCN2c1ccccc1[C@H](C)O. The minimum atomic E-state index is -0.443. The molecule has 2 aromatic rings. The fraction of sp³-hybridized carbons (Fsp3) is 0.333. The molecule has 1 aliphatic rings. The first kappa shape index (κ1) is 13.2. The van der Waals surface area contributed by atoms with Gasteiger partial charge in [-0.3, -0.25) is 0 Å². The van der Waals surface area contributed by atoms with Gasteiger partial charge in [0.2, 0.25) is 0 Å². The zero-order valence-electron chi connectivity index (χ0n) is 12.1. The van der Waals surface area contributed by atoms with Crippen molar-refractivity contribution in [1.82, 2.24) is 0 Å². The van der Waals surface area contributed by atoms with Gasteiger partial charge in [0.15, 0.2) is 0 Å². The molecule has 3 rings (SSSR count). The number of hydrogen-bond donors (Lipinski definition) is 1. The van der Waals surface area contributed by atoms with Crippen molar-refractivity contribution in [3.63, 3.8) is 0 Å². The maximum absolute atomic E-state index is 10.0. The van der Waals surface area contributed by atoms with Crippen LogP contribution in [0.5, 0.6) is 0 Å². The fourth-order valence-electron chi connectivity index (χ4n) is 3.06. The van der Waals surface area contributed by atoms with Crippen LogP contribution in [-0.4, -0.2) is 11.7 Å². The highest BCUT2D eigenvalue weighted by molar-refractivity contribution is 5.71. The molecule has 0 aromatic heterocycles. The van der Waals surface area contributed by atoms with E-state index in [1.807, 2.05) is 25.1 Å². The minimum absolute atomic E-state index is 0.443. The molecule has 1 aliphatic heterocycles. The average Bonchev–Trinajstić information content (AvgIpc) is 2.46. The molecule has 0 saturated carbocycles. The van der Waals surface area contributed by atoms with Gasteiger partial charge in [0.25, 0.3) is 0 Å². The number of para-hydroxylation sites is 1. The minimum Gasteiger partial charge on any atom is -0.389 e. The smallest absolute Gasteiger partial charge is 0.0782 e. The second-order valence-corrected chi connectivity index (χ2v) is 5.62. The number of rotatable bonds is 2. The van der Waals surface area contributed by atoms with Crippen LogP contribution < -0.4 is 4.90 Å². The number of nitrogens with zero attached hydrogens (tertiary/aromatic N) is 1. The van der Waals surface area contributed by atoms with Gasteiger partial charge in [0, 0.05) is 23.5 Å². The lowest BCUT2D eigenvalue weighted by Crippen LogP contribution is -2.25. The van der Waals surface area contributed by atoms with Gasteiger partial charge < -0.3 is 10.0 Å². The molecule has 0 spiro atoms. The second kappa shape index (κ2) is 5.29. The summed E-state index contributed by atoms with van der Waals surface area (Å²) in [5, 5.41) is 10.0. The average molecular weight is 267 g/mol. The van der Waals surface area contributed by atoms with Crippen LogP contribution in [0.4, 0.5) is 11.4 Å². The van der Waals surface area contributed by atoms with Gasteiger partial charge in [-0.05, 0) is 44.4 Å². The lowest BCUT2D eigenvalue weighted by Gasteiger charge is -2.33. The third-order valence-corrected chi connectivity index (χ3v) is 4.03. The molecule has 104 valence electrons. The summed E-state index contributed by atoms with van der Waals surface area (Å²) < 4.78 is 0. The standard InChI is InChI=1S/C18H21NO/c1-13-9-10-17-15(12-13)6-5-11-19(17)18-8-4-3-7-16(18)14(2)20/h3-4,7-10,12,14,20H,5-6,11H2,1-2H3/t14-/m0/s1. The van der Waals surface area contributed by atoms with Gasteiger partial charge in [0.1, 0.15) is 0 Å². The van der Waals surface area contributed by atoms with E-state index >= 15 is 0 Å². The van der Waals surface area contributed by atoms with E-state index in [2.05, 4.69) is 36.1 Å². The molecule has 0 bridgehead atoms. The predicted molar refractivity (Wildman–Crippen MR) is 83.6 cm³/mol. The maximum Gasteiger partial charge on any atom is 0.0782 e. The highest BCUT2D eigenvalue weighted by Gasteiger charge is 2.21. The van der Waals surface area contributed by atoms with Gasteiger partial charge in [-0.1, -0.05) is 35.9 Å². The van der Waals surface area contributed by atoms with Crippen LogP contribution in [0.1, 0.15) is 36.1 Å². The summed E-state index contributed by atoms with van der Waals surface area (Å²) in [5.41, 5.74) is 6.15. The molecule has 0 fully saturated rings. The van der Waals surface area contributed by atoms with E-state index in [1.54, 1.807) is 0 Å². The molecule has 0 amide bonds. The Morgan fingerprint density at radius 1 is 1.10 bits per heavy atom. The van der Waals surface area contributed by atoms with Crippen LogP contribution in [0.25, 0.3) is 0 Å². The van der Waals surface area contributed by atoms with Crippen LogP contribution in [0.15, 0.2) is 42.5 Å². The third kappa shape index (κ3) is 2.32. The monoisotopic (exact) mass is 267 g/mol. The van der Waals surface area contributed by atoms with Gasteiger partial charge in [0.05, 0.1) is 6.10 Å². The molecule has 1 atom stereocenters. The Balaban J connectivity index is 2.09. The summed E-state index contributed by atoms with van der Waals surface area (Å²) in [5.74, 6) is 0. The molecule has 2 heteroatoms. The molecule has 1 N–H and O–H groups in total. The number of aliphatic hydroxyl groups excluding tert-OH is 1. The van der Waals surface area contributed by atoms with Crippen molar-refractivity contribution < 1.29 is 5.11 Å². The Hall–Kier alpha value is -1.80. The molecule has 2 aromatic carbocycles. The largest absolute Gasteiger partial charge is 0.389 e. The number of anilines is 2. The molecular formula is C18H21NO. The highest BCUT2D eigenvalue weighted by Crippen LogP contribution is 2.37. The van der Waals surface area contributed by atoms with E-state index in [0.29, 0.717) is 0 Å². The van der Waals surface area contributed by atoms with Crippen molar-refractivity contribution in [3.05, 3.63) is 59.2 Å². The third-order valence-electron chi connectivity index (χ3n) is 4.03. The number of benzene rings is 2. The van der Waals surface area contributed by atoms with Crippen molar-refractivity contribution in [2.24, 2.45) is 0 Å². The molecular weight excluding hydrogens is 246 g/mol. The van der Waals surface area contributed by atoms with E-state index < -0.39 is 6.10 Å². The van der Waals surface area contributed by atoms with Crippen LogP contribution in [0, 0.1) is 6.92 Å². The van der Waals surface area contributed by atoms with Gasteiger partial charge >= 0.3 is 0 Å². The van der Waals surface area contributed by atoms with Crippen LogP contribution in [-0.2, 0) is 6.42 Å². The van der Waals surface area contributed by atoms with Crippen molar-refractivity contribution in [2.45, 2.75) is 32.8 Å². The van der Waals surface area contributed by atoms with Gasteiger partial charge in [-0.15, -0.1) is 0 Å². The first-order chi connectivity index (χ1) is 9.66. The number of aryl methyl sites for hydroxylation is 2. The molecule has 0 unspecified atom stereocenters. The predicted octanol–water partition coefficient (Wildman–Crippen LogP) is 4.13. The summed E-state index contributed by atoms with van der Waals surface area (Å²) in [6.45, 7) is 4.99. The molecule has 0 aliphatic carbocycles. The summed E-state index contributed by atoms with van der Waals surface area (Å²) in [7, 11) is 0. The van der Waals surface area contributed by atoms with E-state index in [9.17, 15) is 5.11 Å². The Kier molecular flexibility index (Phi) is 3.49. The van der Waals surface area contributed by atoms with Gasteiger partial charge in [-0.25, -0.2) is 0 Å². The summed E-state index contributed by atoms with van der Waals surface area (Å²) in [4.78, 5) is 2.35. The topological polar surface area (TPSA) is 23.5 Å². The van der Waals surface area contributed by atoms with Crippen LogP contribution in [0.3, 0.4) is 0 Å². The Morgan fingerprint density at radius 3 is 2.70 bits per heavy atom. The van der Waals surface area contributed by atoms with E-state index in [-0.39, 0.29) is 0 Å². The zero-order valence-corrected chi connectivity index (χ0v) is 12.1. The summed E-state index contributed by atoms with van der Waals surface area (Å²) in [6.07, 6.45) is 1.86. The number of fused-ring (bicyclic) bond motifs is 1.